The van der Waals surface area contributed by atoms with Crippen molar-refractivity contribution in [2.45, 2.75) is 24.0 Å². The topological polar surface area (TPSA) is 72.3 Å². The molecule has 4 rings (SSSR count). The zero-order valence-corrected chi connectivity index (χ0v) is 21.5. The van der Waals surface area contributed by atoms with Gasteiger partial charge < -0.3 is 9.47 Å². The van der Waals surface area contributed by atoms with E-state index in [-0.39, 0.29) is 36.5 Å². The predicted molar refractivity (Wildman–Crippen MR) is 141 cm³/mol. The first-order valence-corrected chi connectivity index (χ1v) is 13.5. The second-order valence-corrected chi connectivity index (χ2v) is 10.8. The molecule has 1 amide bonds. The number of carbonyl (C=O) groups is 1. The van der Waals surface area contributed by atoms with Crippen LogP contribution in [0.15, 0.2) is 103 Å². The number of carbonyl (C=O) groups excluding carboxylic acids is 1. The summed E-state index contributed by atoms with van der Waals surface area (Å²) in [5.41, 5.74) is 2.27. The molecule has 3 aromatic carbocycles. The largest absolute Gasteiger partial charge is 0.329 e. The number of hydrogen-bond acceptors (Lipinski definition) is 4. The van der Waals surface area contributed by atoms with Gasteiger partial charge in [0.1, 0.15) is 5.82 Å². The summed E-state index contributed by atoms with van der Waals surface area (Å²) in [7, 11) is -3.89. The maximum atomic E-state index is 13.4. The normalized spacial score (nSPS) is 11.3. The molecular formula is C28H25ClFN3O3S. The van der Waals surface area contributed by atoms with E-state index in [1.54, 1.807) is 39.8 Å². The zero-order chi connectivity index (χ0) is 26.4. The average molecular weight is 538 g/mol. The Balaban J connectivity index is 1.71. The van der Waals surface area contributed by atoms with Gasteiger partial charge in [-0.15, -0.1) is 6.58 Å². The third kappa shape index (κ3) is 6.53. The summed E-state index contributed by atoms with van der Waals surface area (Å²) >= 11 is 6.08. The van der Waals surface area contributed by atoms with Crippen molar-refractivity contribution in [3.05, 3.63) is 131 Å². The molecule has 0 unspecified atom stereocenters. The van der Waals surface area contributed by atoms with Gasteiger partial charge in [0.2, 0.25) is 15.0 Å². The SMILES string of the molecule is C=CCN(Cc1cnc(S(=O)(=O)Cc2ccc(F)cc2)n1Cc1ccccc1)C(=O)c1cccc(Cl)c1. The van der Waals surface area contributed by atoms with Gasteiger partial charge in [-0.25, -0.2) is 17.8 Å². The van der Waals surface area contributed by atoms with E-state index in [2.05, 4.69) is 11.6 Å². The van der Waals surface area contributed by atoms with Crippen LogP contribution in [-0.4, -0.2) is 35.3 Å². The lowest BCUT2D eigenvalue weighted by molar-refractivity contribution is 0.0759. The number of hydrogen-bond donors (Lipinski definition) is 0. The molecule has 190 valence electrons. The van der Waals surface area contributed by atoms with Crippen LogP contribution in [0.1, 0.15) is 27.2 Å². The highest BCUT2D eigenvalue weighted by atomic mass is 35.5. The summed E-state index contributed by atoms with van der Waals surface area (Å²) in [4.78, 5) is 19.1. The molecule has 0 aliphatic carbocycles. The first-order valence-electron chi connectivity index (χ1n) is 11.5. The van der Waals surface area contributed by atoms with Crippen LogP contribution in [0, 0.1) is 5.82 Å². The highest BCUT2D eigenvalue weighted by Crippen LogP contribution is 2.22. The van der Waals surface area contributed by atoms with Crippen LogP contribution < -0.4 is 0 Å². The number of nitrogens with zero attached hydrogens (tertiary/aromatic N) is 3. The van der Waals surface area contributed by atoms with Crippen molar-refractivity contribution in [3.8, 4) is 0 Å². The maximum Gasteiger partial charge on any atom is 0.254 e. The van der Waals surface area contributed by atoms with Gasteiger partial charge in [0.25, 0.3) is 5.91 Å². The van der Waals surface area contributed by atoms with Gasteiger partial charge in [0.15, 0.2) is 0 Å². The third-order valence-corrected chi connectivity index (χ3v) is 7.52. The van der Waals surface area contributed by atoms with E-state index in [1.807, 2.05) is 30.3 Å². The first-order chi connectivity index (χ1) is 17.8. The van der Waals surface area contributed by atoms with E-state index >= 15 is 0 Å². The molecule has 0 saturated carbocycles. The van der Waals surface area contributed by atoms with E-state index in [0.717, 1.165) is 5.56 Å². The minimum Gasteiger partial charge on any atom is -0.329 e. The third-order valence-electron chi connectivity index (χ3n) is 5.69. The lowest BCUT2D eigenvalue weighted by atomic mass is 10.2. The molecule has 9 heteroatoms. The smallest absolute Gasteiger partial charge is 0.254 e. The van der Waals surface area contributed by atoms with Gasteiger partial charge in [-0.1, -0.05) is 66.2 Å². The molecular weight excluding hydrogens is 513 g/mol. The van der Waals surface area contributed by atoms with Crippen molar-refractivity contribution in [1.82, 2.24) is 14.5 Å². The standard InChI is InChI=1S/C28H25ClFN3O3S/c1-2-15-32(27(34)23-9-6-10-24(29)16-23)19-26-17-31-28(33(26)18-21-7-4-3-5-8-21)37(35,36)20-22-11-13-25(30)14-12-22/h2-14,16-17H,1,15,18-20H2. The van der Waals surface area contributed by atoms with Crippen LogP contribution in [-0.2, 0) is 28.7 Å². The van der Waals surface area contributed by atoms with E-state index in [4.69, 9.17) is 11.6 Å². The van der Waals surface area contributed by atoms with Crippen LogP contribution in [0.2, 0.25) is 5.02 Å². The Bertz CT molecular complexity index is 1500. The molecule has 0 atom stereocenters. The Morgan fingerprint density at radius 3 is 2.43 bits per heavy atom. The van der Waals surface area contributed by atoms with E-state index < -0.39 is 15.7 Å². The van der Waals surface area contributed by atoms with Crippen LogP contribution in [0.4, 0.5) is 4.39 Å². The van der Waals surface area contributed by atoms with Crippen LogP contribution in [0.5, 0.6) is 0 Å². The monoisotopic (exact) mass is 537 g/mol. The Morgan fingerprint density at radius 2 is 1.76 bits per heavy atom. The first kappa shape index (κ1) is 26.3. The molecule has 0 saturated heterocycles. The fourth-order valence-corrected chi connectivity index (χ4v) is 5.62. The van der Waals surface area contributed by atoms with Gasteiger partial charge in [-0.2, -0.15) is 0 Å². The van der Waals surface area contributed by atoms with E-state index in [9.17, 15) is 17.6 Å². The molecule has 0 spiro atoms. The Kier molecular flexibility index (Phi) is 8.21. The summed E-state index contributed by atoms with van der Waals surface area (Å²) in [5.74, 6) is -1.05. The highest BCUT2D eigenvalue weighted by Gasteiger charge is 2.26. The van der Waals surface area contributed by atoms with Crippen LogP contribution >= 0.6 is 11.6 Å². The van der Waals surface area contributed by atoms with Crippen molar-refractivity contribution < 1.29 is 17.6 Å². The van der Waals surface area contributed by atoms with Gasteiger partial charge in [0, 0.05) is 17.1 Å². The number of rotatable bonds is 10. The Morgan fingerprint density at radius 1 is 1.03 bits per heavy atom. The highest BCUT2D eigenvalue weighted by molar-refractivity contribution is 7.90. The number of imidazole rings is 1. The Hall–Kier alpha value is -3.75. The zero-order valence-electron chi connectivity index (χ0n) is 19.9. The molecule has 0 fully saturated rings. The fraction of sp³-hybridized carbons (Fsp3) is 0.143. The molecule has 0 aliphatic heterocycles. The quantitative estimate of drug-likeness (QED) is 0.249. The minimum atomic E-state index is -3.89. The van der Waals surface area contributed by atoms with E-state index in [1.165, 1.54) is 30.5 Å². The van der Waals surface area contributed by atoms with Gasteiger partial charge >= 0.3 is 0 Å². The van der Waals surface area contributed by atoms with Crippen LogP contribution in [0.3, 0.4) is 0 Å². The summed E-state index contributed by atoms with van der Waals surface area (Å²) in [6.07, 6.45) is 3.08. The fourth-order valence-electron chi connectivity index (χ4n) is 3.94. The molecule has 0 N–H and O–H groups in total. The van der Waals surface area contributed by atoms with Crippen LogP contribution in [0.25, 0.3) is 0 Å². The molecule has 6 nitrogen and oxygen atoms in total. The number of amides is 1. The summed E-state index contributed by atoms with van der Waals surface area (Å²) in [6, 6.07) is 21.3. The Labute approximate surface area is 220 Å². The molecule has 4 aromatic rings. The second-order valence-electron chi connectivity index (χ2n) is 8.47. The van der Waals surface area contributed by atoms with Gasteiger partial charge in [-0.05, 0) is 41.5 Å². The molecule has 1 aromatic heterocycles. The van der Waals surface area contributed by atoms with Gasteiger partial charge in [0.05, 0.1) is 30.7 Å². The molecule has 1 heterocycles. The summed E-state index contributed by atoms with van der Waals surface area (Å²) in [6.45, 7) is 4.33. The summed E-state index contributed by atoms with van der Waals surface area (Å²) < 4.78 is 41.8. The van der Waals surface area contributed by atoms with Crippen molar-refractivity contribution >= 4 is 27.3 Å². The molecule has 37 heavy (non-hydrogen) atoms. The molecule has 0 aliphatic rings. The molecule has 0 radical (unpaired) electrons. The number of aromatic nitrogens is 2. The van der Waals surface area contributed by atoms with Crippen molar-refractivity contribution in [3.63, 3.8) is 0 Å². The van der Waals surface area contributed by atoms with E-state index in [0.29, 0.717) is 21.8 Å². The maximum absolute atomic E-state index is 13.4. The number of sulfone groups is 1. The van der Waals surface area contributed by atoms with Crippen molar-refractivity contribution in [1.29, 1.82) is 0 Å². The predicted octanol–water partition coefficient (Wildman–Crippen LogP) is 5.53. The average Bonchev–Trinajstić information content (AvgIpc) is 3.28. The van der Waals surface area contributed by atoms with Crippen molar-refractivity contribution in [2.75, 3.05) is 6.54 Å². The summed E-state index contributed by atoms with van der Waals surface area (Å²) in [5, 5.41) is 0.317. The number of benzene rings is 3. The second kappa shape index (κ2) is 11.5. The number of halogens is 2. The van der Waals surface area contributed by atoms with Gasteiger partial charge in [-0.3, -0.25) is 4.79 Å². The lowest BCUT2D eigenvalue weighted by Gasteiger charge is -2.22. The lowest BCUT2D eigenvalue weighted by Crippen LogP contribution is -2.32. The van der Waals surface area contributed by atoms with Crippen molar-refractivity contribution in [2.24, 2.45) is 0 Å². The molecule has 0 bridgehead atoms. The minimum absolute atomic E-state index is 0.100.